The zero-order valence-electron chi connectivity index (χ0n) is 8.64. The molecule has 4 N–H and O–H groups in total. The normalized spacial score (nSPS) is 23.9. The third-order valence-electron chi connectivity index (χ3n) is 2.91. The number of hydrogen-bond donors (Lipinski definition) is 3. The van der Waals surface area contributed by atoms with Crippen LogP contribution in [0.25, 0.3) is 11.2 Å². The molecule has 0 spiro atoms. The molecule has 3 heterocycles. The van der Waals surface area contributed by atoms with Crippen LogP contribution in [0.15, 0.2) is 4.79 Å². The number of aliphatic hydroxyl groups excluding tert-OH is 1. The van der Waals surface area contributed by atoms with Gasteiger partial charge in [-0.25, -0.2) is 4.98 Å². The molecule has 84 valence electrons. The van der Waals surface area contributed by atoms with Crippen molar-refractivity contribution in [1.29, 1.82) is 0 Å². The fourth-order valence-electron chi connectivity index (χ4n) is 2.26. The van der Waals surface area contributed by atoms with E-state index >= 15 is 0 Å². The summed E-state index contributed by atoms with van der Waals surface area (Å²) >= 11 is 0. The Morgan fingerprint density at radius 3 is 3.06 bits per heavy atom. The second-order valence-electron chi connectivity index (χ2n) is 4.06. The number of aromatic amines is 1. The predicted molar refractivity (Wildman–Crippen MR) is 56.8 cm³/mol. The topological polar surface area (TPSA) is 110 Å². The summed E-state index contributed by atoms with van der Waals surface area (Å²) in [5.41, 5.74) is 5.79. The van der Waals surface area contributed by atoms with E-state index in [2.05, 4.69) is 15.0 Å². The fourth-order valence-corrected chi connectivity index (χ4v) is 2.26. The molecule has 1 aliphatic heterocycles. The monoisotopic (exact) mass is 221 g/mol. The first-order chi connectivity index (χ1) is 7.58. The molecule has 7 heteroatoms. The first-order valence-electron chi connectivity index (χ1n) is 5.03. The Kier molecular flexibility index (Phi) is 1.65. The van der Waals surface area contributed by atoms with Crippen LogP contribution in [0.4, 0.5) is 5.95 Å². The minimum absolute atomic E-state index is 0.0383. The Morgan fingerprint density at radius 1 is 1.56 bits per heavy atom. The molecule has 0 aromatic carbocycles. The Hall–Kier alpha value is -1.89. The molecule has 2 atom stereocenters. The quantitative estimate of drug-likeness (QED) is 0.565. The van der Waals surface area contributed by atoms with E-state index in [-0.39, 0.29) is 17.5 Å². The molecule has 0 saturated carbocycles. The maximum absolute atomic E-state index is 11.8. The average Bonchev–Trinajstić information content (AvgIpc) is 2.66. The van der Waals surface area contributed by atoms with Crippen molar-refractivity contribution < 1.29 is 5.11 Å². The van der Waals surface area contributed by atoms with Gasteiger partial charge in [-0.05, 0) is 6.92 Å². The minimum Gasteiger partial charge on any atom is -0.385 e. The average molecular weight is 221 g/mol. The molecule has 2 unspecified atom stereocenters. The third-order valence-corrected chi connectivity index (χ3v) is 2.91. The van der Waals surface area contributed by atoms with Gasteiger partial charge in [0, 0.05) is 12.5 Å². The summed E-state index contributed by atoms with van der Waals surface area (Å²) in [6.45, 7) is 1.93. The van der Waals surface area contributed by atoms with Crippen LogP contribution < -0.4 is 11.3 Å². The van der Waals surface area contributed by atoms with Crippen molar-refractivity contribution >= 4 is 17.1 Å². The number of hydrogen-bond acceptors (Lipinski definition) is 5. The number of rotatable bonds is 0. The van der Waals surface area contributed by atoms with Crippen molar-refractivity contribution in [3.8, 4) is 0 Å². The van der Waals surface area contributed by atoms with Gasteiger partial charge in [0.25, 0.3) is 5.56 Å². The van der Waals surface area contributed by atoms with Crippen molar-refractivity contribution in [3.63, 3.8) is 0 Å². The van der Waals surface area contributed by atoms with Gasteiger partial charge in [0.15, 0.2) is 11.2 Å². The second kappa shape index (κ2) is 2.82. The van der Waals surface area contributed by atoms with Crippen LogP contribution in [0.2, 0.25) is 0 Å². The Morgan fingerprint density at radius 2 is 2.31 bits per heavy atom. The van der Waals surface area contributed by atoms with E-state index in [9.17, 15) is 9.90 Å². The van der Waals surface area contributed by atoms with Crippen LogP contribution in [-0.2, 0) is 0 Å². The van der Waals surface area contributed by atoms with Crippen LogP contribution in [0.3, 0.4) is 0 Å². The summed E-state index contributed by atoms with van der Waals surface area (Å²) in [4.78, 5) is 22.3. The number of nitrogen functional groups attached to an aromatic ring is 1. The van der Waals surface area contributed by atoms with E-state index in [4.69, 9.17) is 5.73 Å². The van der Waals surface area contributed by atoms with Gasteiger partial charge in [0.05, 0.1) is 0 Å². The van der Waals surface area contributed by atoms with Gasteiger partial charge < -0.3 is 15.4 Å². The lowest BCUT2D eigenvalue weighted by molar-refractivity contribution is 0.171. The van der Waals surface area contributed by atoms with E-state index in [1.54, 1.807) is 4.57 Å². The van der Waals surface area contributed by atoms with Crippen molar-refractivity contribution in [2.75, 3.05) is 5.73 Å². The molecule has 0 aliphatic carbocycles. The molecule has 0 saturated heterocycles. The van der Waals surface area contributed by atoms with Gasteiger partial charge in [-0.3, -0.25) is 9.78 Å². The third kappa shape index (κ3) is 1.03. The molecular formula is C9H11N5O2. The van der Waals surface area contributed by atoms with Gasteiger partial charge >= 0.3 is 0 Å². The molecule has 2 aromatic heterocycles. The zero-order valence-corrected chi connectivity index (χ0v) is 8.64. The smallest absolute Gasteiger partial charge is 0.278 e. The molecule has 3 rings (SSSR count). The molecular weight excluding hydrogens is 210 g/mol. The predicted octanol–water partition coefficient (Wildman–Crippen LogP) is -0.300. The number of aliphatic hydroxyl groups is 1. The molecule has 0 amide bonds. The molecule has 2 aromatic rings. The molecule has 0 radical (unpaired) electrons. The summed E-state index contributed by atoms with van der Waals surface area (Å²) in [5.74, 6) is 0.530. The molecule has 7 nitrogen and oxygen atoms in total. The van der Waals surface area contributed by atoms with Crippen molar-refractivity contribution in [2.24, 2.45) is 0 Å². The Balaban J connectivity index is 2.45. The molecule has 16 heavy (non-hydrogen) atoms. The van der Waals surface area contributed by atoms with E-state index < -0.39 is 6.10 Å². The Bertz CT molecular complexity index is 629. The number of imidazole rings is 1. The van der Waals surface area contributed by atoms with Gasteiger partial charge in [0.2, 0.25) is 5.95 Å². The lowest BCUT2D eigenvalue weighted by Gasteiger charge is -2.05. The maximum atomic E-state index is 11.8. The SMILES string of the molecule is CC1CC(O)c2nc3nc(N)[nH]c(=O)c3n21. The van der Waals surface area contributed by atoms with Crippen molar-refractivity contribution in [3.05, 3.63) is 16.2 Å². The van der Waals surface area contributed by atoms with Crippen LogP contribution in [0, 0.1) is 0 Å². The van der Waals surface area contributed by atoms with E-state index in [0.29, 0.717) is 23.4 Å². The lowest BCUT2D eigenvalue weighted by Crippen LogP contribution is -2.15. The number of nitrogens with two attached hydrogens (primary N) is 1. The van der Waals surface area contributed by atoms with Crippen LogP contribution in [-0.4, -0.2) is 24.6 Å². The van der Waals surface area contributed by atoms with Gasteiger partial charge in [0.1, 0.15) is 11.9 Å². The fraction of sp³-hybridized carbons (Fsp3) is 0.444. The van der Waals surface area contributed by atoms with Crippen LogP contribution >= 0.6 is 0 Å². The van der Waals surface area contributed by atoms with Crippen LogP contribution in [0.1, 0.15) is 31.3 Å². The van der Waals surface area contributed by atoms with E-state index in [1.165, 1.54) is 0 Å². The number of aromatic nitrogens is 4. The van der Waals surface area contributed by atoms with Gasteiger partial charge in [-0.1, -0.05) is 0 Å². The van der Waals surface area contributed by atoms with E-state index in [0.717, 1.165) is 0 Å². The second-order valence-corrected chi connectivity index (χ2v) is 4.06. The highest BCUT2D eigenvalue weighted by Gasteiger charge is 2.31. The molecule has 0 fully saturated rings. The summed E-state index contributed by atoms with van der Waals surface area (Å²) in [7, 11) is 0. The number of anilines is 1. The summed E-state index contributed by atoms with van der Waals surface area (Å²) in [5, 5.41) is 9.76. The van der Waals surface area contributed by atoms with Crippen LogP contribution in [0.5, 0.6) is 0 Å². The van der Waals surface area contributed by atoms with Crippen molar-refractivity contribution in [2.45, 2.75) is 25.5 Å². The molecule has 0 bridgehead atoms. The maximum Gasteiger partial charge on any atom is 0.278 e. The zero-order chi connectivity index (χ0) is 11.4. The number of fused-ring (bicyclic) bond motifs is 3. The summed E-state index contributed by atoms with van der Waals surface area (Å²) < 4.78 is 1.73. The number of nitrogens with one attached hydrogen (secondary N) is 1. The van der Waals surface area contributed by atoms with Gasteiger partial charge in [-0.2, -0.15) is 4.98 Å². The summed E-state index contributed by atoms with van der Waals surface area (Å²) in [6, 6.07) is 0.0431. The highest BCUT2D eigenvalue weighted by molar-refractivity contribution is 5.72. The summed E-state index contributed by atoms with van der Waals surface area (Å²) in [6.07, 6.45) is -0.0629. The number of H-pyrrole nitrogens is 1. The highest BCUT2D eigenvalue weighted by atomic mass is 16.3. The number of nitrogens with zero attached hydrogens (tertiary/aromatic N) is 3. The minimum atomic E-state index is -0.634. The van der Waals surface area contributed by atoms with Crippen molar-refractivity contribution in [1.82, 2.24) is 19.5 Å². The first-order valence-corrected chi connectivity index (χ1v) is 5.03. The lowest BCUT2D eigenvalue weighted by atomic mass is 10.2. The molecule has 1 aliphatic rings. The highest BCUT2D eigenvalue weighted by Crippen LogP contribution is 2.35. The van der Waals surface area contributed by atoms with Gasteiger partial charge in [-0.15, -0.1) is 0 Å². The Labute approximate surface area is 89.9 Å². The van der Waals surface area contributed by atoms with E-state index in [1.807, 2.05) is 6.92 Å². The first kappa shape index (κ1) is 9.34. The standard InChI is InChI=1S/C9H11N5O2/c1-3-2-4(15)7-11-6-5(14(3)7)8(16)13-9(10)12-6/h3-4,15H,2H2,1H3,(H3,10,12,13,16). The largest absolute Gasteiger partial charge is 0.385 e.